The number of benzene rings is 1. The van der Waals surface area contributed by atoms with E-state index in [2.05, 4.69) is 31.3 Å². The minimum Gasteiger partial charge on any atom is -0.484 e. The highest BCUT2D eigenvalue weighted by atomic mass is 32.1. The highest BCUT2D eigenvalue weighted by Gasteiger charge is 2.29. The van der Waals surface area contributed by atoms with Crippen LogP contribution in [-0.4, -0.2) is 6.54 Å². The van der Waals surface area contributed by atoms with Crippen LogP contribution in [0.2, 0.25) is 0 Å². The molecule has 21 heavy (non-hydrogen) atoms. The van der Waals surface area contributed by atoms with Crippen molar-refractivity contribution in [3.63, 3.8) is 0 Å². The van der Waals surface area contributed by atoms with Crippen LogP contribution in [0, 0.1) is 5.82 Å². The second kappa shape index (κ2) is 6.16. The second-order valence-electron chi connectivity index (χ2n) is 5.29. The molecule has 1 N–H and O–H groups in total. The van der Waals surface area contributed by atoms with Gasteiger partial charge in [0, 0.05) is 33.8 Å². The van der Waals surface area contributed by atoms with Gasteiger partial charge in [0.25, 0.3) is 0 Å². The minimum absolute atomic E-state index is 0.00801. The molecule has 1 aromatic heterocycles. The number of ether oxygens (including phenoxy) is 1. The number of hydrogen-bond donors (Lipinski definition) is 1. The van der Waals surface area contributed by atoms with Crippen LogP contribution in [0.1, 0.15) is 47.7 Å². The average molecular weight is 305 g/mol. The van der Waals surface area contributed by atoms with Crippen LogP contribution in [0.4, 0.5) is 4.39 Å². The van der Waals surface area contributed by atoms with Crippen molar-refractivity contribution in [2.75, 3.05) is 6.54 Å². The van der Waals surface area contributed by atoms with Gasteiger partial charge in [-0.05, 0) is 31.2 Å². The number of nitrogens with one attached hydrogen (secondary N) is 1. The molecule has 112 valence electrons. The van der Waals surface area contributed by atoms with E-state index in [9.17, 15) is 4.39 Å². The van der Waals surface area contributed by atoms with Crippen molar-refractivity contribution in [3.8, 4) is 5.75 Å². The Morgan fingerprint density at radius 3 is 2.86 bits per heavy atom. The van der Waals surface area contributed by atoms with E-state index in [1.165, 1.54) is 21.9 Å². The molecule has 2 unspecified atom stereocenters. The summed E-state index contributed by atoms with van der Waals surface area (Å²) < 4.78 is 19.6. The van der Waals surface area contributed by atoms with E-state index in [1.807, 2.05) is 6.07 Å². The van der Waals surface area contributed by atoms with E-state index < -0.39 is 0 Å². The molecule has 0 aliphatic carbocycles. The Kier molecular flexibility index (Phi) is 4.27. The first kappa shape index (κ1) is 14.5. The molecule has 1 aromatic carbocycles. The topological polar surface area (TPSA) is 21.3 Å². The molecule has 0 bridgehead atoms. The molecule has 2 aromatic rings. The molecule has 1 aliphatic heterocycles. The van der Waals surface area contributed by atoms with Crippen LogP contribution in [0.25, 0.3) is 0 Å². The van der Waals surface area contributed by atoms with Gasteiger partial charge < -0.3 is 10.1 Å². The highest BCUT2D eigenvalue weighted by Crippen LogP contribution is 2.42. The van der Waals surface area contributed by atoms with Gasteiger partial charge in [0.2, 0.25) is 0 Å². The fourth-order valence-corrected chi connectivity index (χ4v) is 3.81. The summed E-state index contributed by atoms with van der Waals surface area (Å²) >= 11 is 1.79. The van der Waals surface area contributed by atoms with Crippen LogP contribution in [0.15, 0.2) is 30.3 Å². The molecule has 4 heteroatoms. The zero-order valence-electron chi connectivity index (χ0n) is 12.4. The van der Waals surface area contributed by atoms with E-state index in [1.54, 1.807) is 11.3 Å². The Bertz CT molecular complexity index is 625. The van der Waals surface area contributed by atoms with Gasteiger partial charge in [-0.15, -0.1) is 11.3 Å². The Morgan fingerprint density at radius 1 is 1.29 bits per heavy atom. The summed E-state index contributed by atoms with van der Waals surface area (Å²) in [4.78, 5) is 2.59. The van der Waals surface area contributed by atoms with Crippen LogP contribution < -0.4 is 10.1 Å². The summed E-state index contributed by atoms with van der Waals surface area (Å²) in [7, 11) is 0. The van der Waals surface area contributed by atoms with Crippen LogP contribution in [-0.2, 0) is 6.42 Å². The number of aryl methyl sites for hydroxylation is 1. The van der Waals surface area contributed by atoms with E-state index in [0.717, 1.165) is 24.9 Å². The maximum Gasteiger partial charge on any atom is 0.135 e. The van der Waals surface area contributed by atoms with Crippen molar-refractivity contribution in [3.05, 3.63) is 51.5 Å². The molecular formula is C17H20FNOS. The quantitative estimate of drug-likeness (QED) is 0.889. The van der Waals surface area contributed by atoms with Gasteiger partial charge >= 0.3 is 0 Å². The number of rotatable bonds is 4. The Morgan fingerprint density at radius 2 is 2.14 bits per heavy atom. The Hall–Kier alpha value is -1.39. The normalized spacial score (nSPS) is 20.9. The summed E-state index contributed by atoms with van der Waals surface area (Å²) in [6.45, 7) is 5.14. The first-order chi connectivity index (χ1) is 10.2. The van der Waals surface area contributed by atoms with Crippen molar-refractivity contribution < 1.29 is 9.13 Å². The molecule has 0 amide bonds. The summed E-state index contributed by atoms with van der Waals surface area (Å²) in [5.41, 5.74) is 1.06. The largest absolute Gasteiger partial charge is 0.484 e. The lowest BCUT2D eigenvalue weighted by molar-refractivity contribution is 0.154. The fraction of sp³-hybridized carbons (Fsp3) is 0.412. The van der Waals surface area contributed by atoms with Gasteiger partial charge in [0.05, 0.1) is 0 Å². The van der Waals surface area contributed by atoms with Crippen LogP contribution >= 0.6 is 11.3 Å². The average Bonchev–Trinajstić information content (AvgIpc) is 2.96. The SMILES string of the molecule is CCNC1CC(c2ccc(CC)s2)Oc2cc(F)ccc21. The molecule has 2 heterocycles. The minimum atomic E-state index is -0.245. The molecule has 0 fully saturated rings. The van der Waals surface area contributed by atoms with E-state index >= 15 is 0 Å². The monoisotopic (exact) mass is 305 g/mol. The lowest BCUT2D eigenvalue weighted by atomic mass is 9.95. The molecule has 0 radical (unpaired) electrons. The van der Waals surface area contributed by atoms with Crippen molar-refractivity contribution in [1.29, 1.82) is 0 Å². The Labute approximate surface area is 129 Å². The van der Waals surface area contributed by atoms with Crippen LogP contribution in [0.5, 0.6) is 5.75 Å². The van der Waals surface area contributed by atoms with E-state index in [-0.39, 0.29) is 18.0 Å². The Balaban J connectivity index is 1.92. The number of fused-ring (bicyclic) bond motifs is 1. The first-order valence-electron chi connectivity index (χ1n) is 7.49. The summed E-state index contributed by atoms with van der Waals surface area (Å²) in [6.07, 6.45) is 1.93. The first-order valence-corrected chi connectivity index (χ1v) is 8.31. The summed E-state index contributed by atoms with van der Waals surface area (Å²) in [5.74, 6) is 0.425. The molecule has 2 atom stereocenters. The predicted molar refractivity (Wildman–Crippen MR) is 84.5 cm³/mol. The van der Waals surface area contributed by atoms with Gasteiger partial charge in [-0.25, -0.2) is 4.39 Å². The van der Waals surface area contributed by atoms with Gasteiger partial charge in [-0.2, -0.15) is 0 Å². The molecule has 3 rings (SSSR count). The standard InChI is InChI=1S/C17H20FNOS/c1-3-12-6-8-17(21-12)16-10-14(19-4-2)13-7-5-11(18)9-15(13)20-16/h5-9,14,16,19H,3-4,10H2,1-2H3. The zero-order chi connectivity index (χ0) is 14.8. The lowest BCUT2D eigenvalue weighted by Crippen LogP contribution is -2.28. The third kappa shape index (κ3) is 2.97. The molecular weight excluding hydrogens is 285 g/mol. The predicted octanol–water partition coefficient (Wildman–Crippen LogP) is 4.62. The van der Waals surface area contributed by atoms with E-state index in [0.29, 0.717) is 5.75 Å². The third-order valence-corrected chi connectivity index (χ3v) is 5.19. The summed E-state index contributed by atoms with van der Waals surface area (Å²) in [6, 6.07) is 9.36. The third-order valence-electron chi connectivity index (χ3n) is 3.87. The molecule has 0 spiro atoms. The smallest absolute Gasteiger partial charge is 0.135 e. The molecule has 0 saturated heterocycles. The van der Waals surface area contributed by atoms with Gasteiger partial charge in [0.1, 0.15) is 17.7 Å². The molecule has 2 nitrogen and oxygen atoms in total. The lowest BCUT2D eigenvalue weighted by Gasteiger charge is -2.32. The van der Waals surface area contributed by atoms with Gasteiger partial charge in [-0.1, -0.05) is 19.9 Å². The van der Waals surface area contributed by atoms with Crippen molar-refractivity contribution in [1.82, 2.24) is 5.32 Å². The van der Waals surface area contributed by atoms with Crippen molar-refractivity contribution in [2.24, 2.45) is 0 Å². The van der Waals surface area contributed by atoms with Crippen LogP contribution in [0.3, 0.4) is 0 Å². The fourth-order valence-electron chi connectivity index (χ4n) is 2.81. The highest BCUT2D eigenvalue weighted by molar-refractivity contribution is 7.12. The summed E-state index contributed by atoms with van der Waals surface area (Å²) in [5, 5.41) is 3.48. The molecule has 1 aliphatic rings. The maximum absolute atomic E-state index is 13.5. The maximum atomic E-state index is 13.5. The number of halogens is 1. The van der Waals surface area contributed by atoms with E-state index in [4.69, 9.17) is 4.74 Å². The number of thiophene rings is 1. The zero-order valence-corrected chi connectivity index (χ0v) is 13.2. The van der Waals surface area contributed by atoms with Crippen molar-refractivity contribution >= 4 is 11.3 Å². The second-order valence-corrected chi connectivity index (χ2v) is 6.49. The van der Waals surface area contributed by atoms with Crippen molar-refractivity contribution in [2.45, 2.75) is 38.8 Å². The van der Waals surface area contributed by atoms with Gasteiger partial charge in [0.15, 0.2) is 0 Å². The number of hydrogen-bond acceptors (Lipinski definition) is 3. The molecule has 0 saturated carbocycles. The van der Waals surface area contributed by atoms with Gasteiger partial charge in [-0.3, -0.25) is 0 Å².